The first-order valence-corrected chi connectivity index (χ1v) is 11.3. The number of nitrogens with zero attached hydrogens (tertiary/aromatic N) is 4. The van der Waals surface area contributed by atoms with Crippen LogP contribution in [0.25, 0.3) is 0 Å². The minimum atomic E-state index is -1.31. The monoisotopic (exact) mass is 480 g/mol. The van der Waals surface area contributed by atoms with E-state index in [4.69, 9.17) is 5.73 Å². The summed E-state index contributed by atoms with van der Waals surface area (Å²) in [5, 5.41) is 23.6. The number of amides is 2. The fourth-order valence-electron chi connectivity index (χ4n) is 3.32. The van der Waals surface area contributed by atoms with E-state index in [0.717, 1.165) is 16.4 Å². The Kier molecular flexibility index (Phi) is 6.93. The fourth-order valence-corrected chi connectivity index (χ4v) is 5.06. The molecule has 1 saturated heterocycles. The Labute approximate surface area is 190 Å². The molecule has 0 aliphatic carbocycles. The van der Waals surface area contributed by atoms with Gasteiger partial charge in [0.05, 0.1) is 0 Å². The molecule has 0 spiro atoms. The van der Waals surface area contributed by atoms with Gasteiger partial charge in [0.25, 0.3) is 11.8 Å². The third-order valence-electron chi connectivity index (χ3n) is 4.78. The van der Waals surface area contributed by atoms with E-state index in [1.807, 2.05) is 6.92 Å². The van der Waals surface area contributed by atoms with Crippen molar-refractivity contribution in [2.75, 3.05) is 11.5 Å². The number of hydrogen-bond acceptors (Lipinski definition) is 11. The van der Waals surface area contributed by atoms with Crippen LogP contribution in [0.4, 0.5) is 5.13 Å². The van der Waals surface area contributed by atoms with Crippen LogP contribution in [-0.4, -0.2) is 71.0 Å². The summed E-state index contributed by atoms with van der Waals surface area (Å²) in [6.45, 7) is 3.31. The Morgan fingerprint density at radius 1 is 1.41 bits per heavy atom. The maximum Gasteiger partial charge on any atom is 0.352 e. The summed E-state index contributed by atoms with van der Waals surface area (Å²) in [5.41, 5.74) is 5.58. The topological polar surface area (TPSA) is 188 Å². The maximum atomic E-state index is 12.8. The van der Waals surface area contributed by atoms with Crippen molar-refractivity contribution in [1.82, 2.24) is 19.6 Å². The second kappa shape index (κ2) is 9.48. The van der Waals surface area contributed by atoms with E-state index in [9.17, 15) is 29.5 Å². The second-order valence-electron chi connectivity index (χ2n) is 6.92. The summed E-state index contributed by atoms with van der Waals surface area (Å²) < 4.78 is 3.80. The summed E-state index contributed by atoms with van der Waals surface area (Å²) in [4.78, 5) is 53.9. The van der Waals surface area contributed by atoms with Gasteiger partial charge in [-0.1, -0.05) is 18.5 Å². The number of Topliss-reactive ketones (excluding diaryl/α,β-unsaturated/α-hetero) is 1. The Hall–Kier alpha value is -3.26. The van der Waals surface area contributed by atoms with Crippen molar-refractivity contribution in [2.24, 2.45) is 5.16 Å². The number of carboxylic acid groups (broad SMARTS) is 1. The molecule has 1 fully saturated rings. The van der Waals surface area contributed by atoms with Crippen LogP contribution in [0.3, 0.4) is 0 Å². The normalized spacial score (nSPS) is 21.2. The summed E-state index contributed by atoms with van der Waals surface area (Å²) in [6.07, 6.45) is 2.74. The molecule has 32 heavy (non-hydrogen) atoms. The van der Waals surface area contributed by atoms with Crippen LogP contribution in [0.1, 0.15) is 32.5 Å². The van der Waals surface area contributed by atoms with E-state index in [1.165, 1.54) is 24.8 Å². The minimum absolute atomic E-state index is 0.0625. The van der Waals surface area contributed by atoms with E-state index in [0.29, 0.717) is 24.0 Å². The molecule has 2 unspecified atom stereocenters. The number of nitrogens with two attached hydrogens (primary N) is 1. The van der Waals surface area contributed by atoms with Crippen molar-refractivity contribution in [3.8, 4) is 0 Å². The van der Waals surface area contributed by atoms with Gasteiger partial charge in [0.1, 0.15) is 17.1 Å². The third kappa shape index (κ3) is 4.36. The number of allylic oxidation sites excluding steroid dienone is 2. The lowest BCUT2D eigenvalue weighted by Crippen LogP contribution is -2.71. The number of rotatable bonds is 8. The number of nitrogen functional groups attached to an aromatic ring is 1. The highest BCUT2D eigenvalue weighted by atomic mass is 32.2. The Balaban J connectivity index is 1.83. The van der Waals surface area contributed by atoms with Crippen LogP contribution in [0.15, 0.2) is 28.1 Å². The number of aliphatic carboxylic acids is 1. The van der Waals surface area contributed by atoms with Crippen LogP contribution in [-0.2, 0) is 19.2 Å². The molecule has 3 rings (SSSR count). The highest BCUT2D eigenvalue weighted by Gasteiger charge is 2.54. The van der Waals surface area contributed by atoms with Crippen LogP contribution in [0.5, 0.6) is 0 Å². The van der Waals surface area contributed by atoms with Crippen LogP contribution < -0.4 is 11.1 Å². The Morgan fingerprint density at radius 2 is 2.12 bits per heavy atom. The molecule has 14 heteroatoms. The third-order valence-corrected chi connectivity index (χ3v) is 6.62. The van der Waals surface area contributed by atoms with Gasteiger partial charge in [-0.05, 0) is 30.6 Å². The van der Waals surface area contributed by atoms with Crippen molar-refractivity contribution < 1.29 is 29.5 Å². The highest BCUT2D eigenvalue weighted by molar-refractivity contribution is 8.00. The molecule has 2 atom stereocenters. The molecule has 12 nitrogen and oxygen atoms in total. The van der Waals surface area contributed by atoms with Crippen molar-refractivity contribution in [3.63, 3.8) is 0 Å². The predicted octanol–water partition coefficient (Wildman–Crippen LogP) is 0.353. The number of carbonyl (C=O) groups excluding carboxylic acids is 3. The first kappa shape index (κ1) is 23.4. The molecule has 2 amide bonds. The summed E-state index contributed by atoms with van der Waals surface area (Å²) in [5.74, 6) is -2.98. The molecule has 0 saturated carbocycles. The highest BCUT2D eigenvalue weighted by Crippen LogP contribution is 2.41. The number of anilines is 1. The number of ketones is 1. The van der Waals surface area contributed by atoms with Crippen molar-refractivity contribution in [2.45, 2.75) is 38.1 Å². The largest absolute Gasteiger partial charge is 0.477 e. The van der Waals surface area contributed by atoms with Crippen LogP contribution >= 0.6 is 23.3 Å². The van der Waals surface area contributed by atoms with Crippen LogP contribution in [0.2, 0.25) is 0 Å². The molecule has 2 aliphatic rings. The van der Waals surface area contributed by atoms with E-state index in [2.05, 4.69) is 19.8 Å². The number of oxime groups is 1. The average Bonchev–Trinajstić information content (AvgIpc) is 3.17. The van der Waals surface area contributed by atoms with Crippen LogP contribution in [0, 0.1) is 0 Å². The number of carbonyl (C=O) groups is 4. The van der Waals surface area contributed by atoms with Gasteiger partial charge in [0.15, 0.2) is 10.9 Å². The summed E-state index contributed by atoms with van der Waals surface area (Å²) >= 11 is 2.05. The van der Waals surface area contributed by atoms with E-state index >= 15 is 0 Å². The Bertz CT molecular complexity index is 1080. The van der Waals surface area contributed by atoms with E-state index in [-0.39, 0.29) is 28.2 Å². The van der Waals surface area contributed by atoms with Gasteiger partial charge in [-0.3, -0.25) is 19.3 Å². The number of β-lactam (4-membered cyclic amide) rings is 1. The molecule has 5 N–H and O–H groups in total. The smallest absolute Gasteiger partial charge is 0.352 e. The Morgan fingerprint density at radius 3 is 2.66 bits per heavy atom. The number of aromatic nitrogens is 2. The first-order chi connectivity index (χ1) is 15.2. The van der Waals surface area contributed by atoms with Crippen molar-refractivity contribution in [3.05, 3.63) is 28.7 Å². The molecule has 170 valence electrons. The van der Waals surface area contributed by atoms with Gasteiger partial charge in [-0.2, -0.15) is 9.36 Å². The number of carboxylic acids is 1. The average molecular weight is 481 g/mol. The lowest BCUT2D eigenvalue weighted by Gasteiger charge is -2.49. The van der Waals surface area contributed by atoms with Crippen molar-refractivity contribution >= 4 is 57.7 Å². The number of hydrogen-bond donors (Lipinski definition) is 4. The molecular formula is C18H20N6O6S2. The number of fused-ring (bicyclic) bond motifs is 1. The van der Waals surface area contributed by atoms with E-state index < -0.39 is 34.9 Å². The molecule has 0 aromatic carbocycles. The van der Waals surface area contributed by atoms with Gasteiger partial charge >= 0.3 is 5.97 Å². The SMILES string of the molecule is CCC/C(=C\C1=C(C(=O)O)N2C(=O)C(NC(=O)/C(=N\O)c3nsc(N)n3)C2SC1)C(C)=O. The fraction of sp³-hybridized carbons (Fsp3) is 0.389. The zero-order chi connectivity index (χ0) is 23.6. The predicted molar refractivity (Wildman–Crippen MR) is 116 cm³/mol. The zero-order valence-electron chi connectivity index (χ0n) is 17.1. The zero-order valence-corrected chi connectivity index (χ0v) is 18.7. The molecule has 1 aromatic rings. The molecule has 1 aromatic heterocycles. The minimum Gasteiger partial charge on any atom is -0.477 e. The maximum absolute atomic E-state index is 12.8. The second-order valence-corrected chi connectivity index (χ2v) is 8.81. The summed E-state index contributed by atoms with van der Waals surface area (Å²) in [7, 11) is 0. The van der Waals surface area contributed by atoms with Gasteiger partial charge in [-0.15, -0.1) is 11.8 Å². The number of nitrogens with one attached hydrogen (secondary N) is 1. The number of thioether (sulfide) groups is 1. The molecule has 3 heterocycles. The van der Waals surface area contributed by atoms with Gasteiger partial charge < -0.3 is 21.4 Å². The molecular weight excluding hydrogens is 460 g/mol. The lowest BCUT2D eigenvalue weighted by molar-refractivity contribution is -0.150. The standard InChI is InChI=1S/C18H20N6O6S2/c1-3-4-8(7(2)25)5-9-6-31-16-11(15(27)24(16)12(9)17(28)29)20-14(26)10(22-30)13-21-18(19)32-23-13/h5,11,16,30H,3-4,6H2,1-2H3,(H,20,26)(H,28,29)(H2,19,21,23)/b8-5+,22-10-. The van der Waals surface area contributed by atoms with Gasteiger partial charge in [0, 0.05) is 17.3 Å². The molecule has 2 aliphatic heterocycles. The summed E-state index contributed by atoms with van der Waals surface area (Å²) in [6, 6.07) is -1.04. The molecule has 0 bridgehead atoms. The lowest BCUT2D eigenvalue weighted by atomic mass is 9.99. The first-order valence-electron chi connectivity index (χ1n) is 9.44. The van der Waals surface area contributed by atoms with Gasteiger partial charge in [0.2, 0.25) is 11.5 Å². The van der Waals surface area contributed by atoms with E-state index in [1.54, 1.807) is 0 Å². The molecule has 0 radical (unpaired) electrons. The van der Waals surface area contributed by atoms with Crippen molar-refractivity contribution in [1.29, 1.82) is 0 Å². The quantitative estimate of drug-likeness (QED) is 0.133. The van der Waals surface area contributed by atoms with Gasteiger partial charge in [-0.25, -0.2) is 4.79 Å².